The maximum Gasteiger partial charge on any atom is 0.161 e. The first-order chi connectivity index (χ1) is 27.1. The van der Waals surface area contributed by atoms with Gasteiger partial charge in [0.15, 0.2) is 11.7 Å². The van der Waals surface area contributed by atoms with Crippen LogP contribution in [0, 0.1) is 5.41 Å². The number of nitrogens with one attached hydrogen (secondary N) is 1. The Kier molecular flexibility index (Phi) is 11.7. The van der Waals surface area contributed by atoms with E-state index in [1.54, 1.807) is 6.21 Å². The zero-order valence-electron chi connectivity index (χ0n) is 30.5. The van der Waals surface area contributed by atoms with Crippen LogP contribution in [0.15, 0.2) is 220 Å². The predicted octanol–water partition coefficient (Wildman–Crippen LogP) is 11.7. The maximum absolute atomic E-state index is 9.10. The summed E-state index contributed by atoms with van der Waals surface area (Å²) in [5, 5.41) is 9.10. The largest absolute Gasteiger partial charge is 0.282 e. The third-order valence-corrected chi connectivity index (χ3v) is 8.88. The van der Waals surface area contributed by atoms with Crippen molar-refractivity contribution >= 4 is 41.2 Å². The summed E-state index contributed by atoms with van der Waals surface area (Å²) in [6.07, 6.45) is 3.67. The van der Waals surface area contributed by atoms with Crippen molar-refractivity contribution in [2.45, 2.75) is 6.92 Å². The number of hydrogen-bond acceptors (Lipinski definition) is 3. The van der Waals surface area contributed by atoms with Crippen LogP contribution in [0.25, 0.3) is 22.5 Å². The minimum Gasteiger partial charge on any atom is -0.282 e. The number of amidine groups is 2. The van der Waals surface area contributed by atoms with E-state index in [1.807, 2.05) is 177 Å². The highest BCUT2D eigenvalue weighted by Gasteiger charge is 2.14. The Hall–Kier alpha value is -7.37. The van der Waals surface area contributed by atoms with Gasteiger partial charge in [-0.1, -0.05) is 188 Å². The van der Waals surface area contributed by atoms with Gasteiger partial charge in [0.25, 0.3) is 0 Å². The number of hydrogen-bond donors (Lipinski definition) is 1. The van der Waals surface area contributed by atoms with Crippen LogP contribution in [0.1, 0.15) is 45.9 Å². The van der Waals surface area contributed by atoms with Crippen LogP contribution in [0.2, 0.25) is 0 Å². The molecule has 0 bridgehead atoms. The summed E-state index contributed by atoms with van der Waals surface area (Å²) < 4.78 is 0. The molecular weight excluding hydrogens is 671 g/mol. The van der Waals surface area contributed by atoms with Crippen LogP contribution in [-0.2, 0) is 0 Å². The summed E-state index contributed by atoms with van der Waals surface area (Å²) in [6, 6.07) is 66.4. The Morgan fingerprint density at radius 3 is 1.47 bits per heavy atom. The Labute approximate surface area is 322 Å². The molecule has 5 nitrogen and oxygen atoms in total. The summed E-state index contributed by atoms with van der Waals surface area (Å²) >= 11 is 0. The van der Waals surface area contributed by atoms with E-state index < -0.39 is 0 Å². The van der Waals surface area contributed by atoms with Gasteiger partial charge in [-0.3, -0.25) is 15.4 Å². The van der Waals surface area contributed by atoms with Gasteiger partial charge in [-0.25, -0.2) is 9.98 Å². The topological polar surface area (TPSA) is 73.3 Å². The highest BCUT2D eigenvalue weighted by molar-refractivity contribution is 6.14. The Morgan fingerprint density at radius 2 is 0.855 bits per heavy atom. The zero-order chi connectivity index (χ0) is 37.7. The smallest absolute Gasteiger partial charge is 0.161 e. The standard InChI is InChI=1S/C50H39N5/c1-37(54-48(42-27-15-6-16-28-42)47(41-25-13-5-14-26-41)52-35-38-19-7-2-8-20-38)43-29-17-32-46(33-43)50(53-36-39-21-9-3-10-22-39)55-49(51)45-31-18-30-44(34-45)40-23-11-4-12-24-40/h2-36,51H,1H3/b48-47-,51-49?,52-35?,53-36?,54-37?,55-50?. The van der Waals surface area contributed by atoms with Crippen molar-refractivity contribution in [3.8, 4) is 11.1 Å². The molecule has 5 heteroatoms. The number of benzene rings is 7. The molecule has 0 spiro atoms. The molecule has 0 saturated heterocycles. The van der Waals surface area contributed by atoms with Crippen molar-refractivity contribution < 1.29 is 0 Å². The van der Waals surface area contributed by atoms with E-state index in [0.29, 0.717) is 11.4 Å². The van der Waals surface area contributed by atoms with Crippen molar-refractivity contribution in [1.82, 2.24) is 0 Å². The number of nitrogens with zero attached hydrogens (tertiary/aromatic N) is 4. The van der Waals surface area contributed by atoms with Crippen molar-refractivity contribution in [3.05, 3.63) is 239 Å². The molecule has 0 heterocycles. The molecule has 0 aliphatic rings. The summed E-state index contributed by atoms with van der Waals surface area (Å²) in [6.45, 7) is 2.01. The maximum atomic E-state index is 9.10. The molecule has 0 atom stereocenters. The first kappa shape index (κ1) is 36.0. The molecule has 0 unspecified atom stereocenters. The van der Waals surface area contributed by atoms with Crippen LogP contribution in [0.4, 0.5) is 0 Å². The fourth-order valence-corrected chi connectivity index (χ4v) is 6.00. The van der Waals surface area contributed by atoms with Crippen LogP contribution in [0.3, 0.4) is 0 Å². The van der Waals surface area contributed by atoms with Crippen LogP contribution in [0.5, 0.6) is 0 Å². The van der Waals surface area contributed by atoms with E-state index in [4.69, 9.17) is 25.4 Å². The van der Waals surface area contributed by atoms with Gasteiger partial charge in [-0.15, -0.1) is 0 Å². The van der Waals surface area contributed by atoms with E-state index in [0.717, 1.165) is 61.6 Å². The van der Waals surface area contributed by atoms with E-state index in [-0.39, 0.29) is 5.84 Å². The van der Waals surface area contributed by atoms with Gasteiger partial charge >= 0.3 is 0 Å². The fraction of sp³-hybridized carbons (Fsp3) is 0.0200. The van der Waals surface area contributed by atoms with Crippen LogP contribution in [-0.4, -0.2) is 29.8 Å². The van der Waals surface area contributed by atoms with E-state index in [1.165, 1.54) is 0 Å². The van der Waals surface area contributed by atoms with Gasteiger partial charge < -0.3 is 0 Å². The van der Waals surface area contributed by atoms with Crippen molar-refractivity contribution in [3.63, 3.8) is 0 Å². The van der Waals surface area contributed by atoms with Gasteiger partial charge in [-0.2, -0.15) is 0 Å². The second-order valence-electron chi connectivity index (χ2n) is 12.8. The van der Waals surface area contributed by atoms with Gasteiger partial charge in [0.2, 0.25) is 0 Å². The molecule has 7 aromatic rings. The lowest BCUT2D eigenvalue weighted by molar-refractivity contribution is 1.39. The van der Waals surface area contributed by atoms with Crippen LogP contribution >= 0.6 is 0 Å². The third kappa shape index (κ3) is 9.55. The molecule has 264 valence electrons. The molecule has 0 aromatic heterocycles. The Balaban J connectivity index is 1.31. The zero-order valence-corrected chi connectivity index (χ0v) is 30.5. The average molecular weight is 710 g/mol. The lowest BCUT2D eigenvalue weighted by atomic mass is 10.0. The van der Waals surface area contributed by atoms with Gasteiger partial charge in [-0.05, 0) is 46.9 Å². The monoisotopic (exact) mass is 709 g/mol. The third-order valence-electron chi connectivity index (χ3n) is 8.88. The Bertz CT molecular complexity index is 2520. The summed E-state index contributed by atoms with van der Waals surface area (Å²) in [7, 11) is 0. The van der Waals surface area contributed by atoms with Crippen molar-refractivity contribution in [2.24, 2.45) is 20.0 Å². The summed E-state index contributed by atoms with van der Waals surface area (Å²) in [5.74, 6) is 0.539. The molecule has 0 radical (unpaired) electrons. The second kappa shape index (κ2) is 17.9. The molecule has 7 rings (SSSR count). The molecule has 55 heavy (non-hydrogen) atoms. The lowest BCUT2D eigenvalue weighted by Gasteiger charge is -2.12. The van der Waals surface area contributed by atoms with Gasteiger partial charge in [0.05, 0.1) is 11.4 Å². The fourth-order valence-electron chi connectivity index (χ4n) is 6.00. The normalized spacial score (nSPS) is 12.5. The minimum atomic E-state index is 0.117. The van der Waals surface area contributed by atoms with E-state index in [2.05, 4.69) is 36.4 Å². The highest BCUT2D eigenvalue weighted by atomic mass is 14.9. The molecule has 0 amide bonds. The summed E-state index contributed by atoms with van der Waals surface area (Å²) in [4.78, 5) is 20.1. The minimum absolute atomic E-state index is 0.117. The quantitative estimate of drug-likeness (QED) is 0.0834. The van der Waals surface area contributed by atoms with Gasteiger partial charge in [0.1, 0.15) is 0 Å². The van der Waals surface area contributed by atoms with Crippen molar-refractivity contribution in [1.29, 1.82) is 5.41 Å². The molecule has 0 aliphatic carbocycles. The van der Waals surface area contributed by atoms with Crippen molar-refractivity contribution in [2.75, 3.05) is 0 Å². The van der Waals surface area contributed by atoms with Crippen LogP contribution < -0.4 is 0 Å². The molecule has 7 aromatic carbocycles. The Morgan fingerprint density at radius 1 is 0.400 bits per heavy atom. The molecule has 0 fully saturated rings. The van der Waals surface area contributed by atoms with Gasteiger partial charge in [0, 0.05) is 40.4 Å². The average Bonchev–Trinajstić information content (AvgIpc) is 3.26. The second-order valence-corrected chi connectivity index (χ2v) is 12.8. The first-order valence-electron chi connectivity index (χ1n) is 18.1. The molecular formula is C50H39N5. The number of rotatable bonds is 10. The lowest BCUT2D eigenvalue weighted by Crippen LogP contribution is -2.06. The molecule has 1 N–H and O–H groups in total. The first-order valence-corrected chi connectivity index (χ1v) is 18.1. The predicted molar refractivity (Wildman–Crippen MR) is 232 cm³/mol. The van der Waals surface area contributed by atoms with E-state index in [9.17, 15) is 0 Å². The molecule has 0 aliphatic heterocycles. The van der Waals surface area contributed by atoms with E-state index >= 15 is 0 Å². The number of aliphatic imine (C=N–C) groups is 4. The SMILES string of the molecule is CC(=N/C(=C(\N=Cc1ccccc1)c1ccccc1)c1ccccc1)c1cccc(C(N=Cc2ccccc2)=NC(=N)c2cccc(-c3ccccc3)c2)c1. The summed E-state index contributed by atoms with van der Waals surface area (Å²) in [5.41, 5.74) is 10.6. The highest BCUT2D eigenvalue weighted by Crippen LogP contribution is 2.30. The molecule has 0 saturated carbocycles.